The van der Waals surface area contributed by atoms with Crippen molar-refractivity contribution < 1.29 is 0 Å². The highest BCUT2D eigenvalue weighted by Crippen LogP contribution is 2.20. The van der Waals surface area contributed by atoms with Crippen LogP contribution in [0.1, 0.15) is 0 Å². The van der Waals surface area contributed by atoms with Crippen LogP contribution in [0.25, 0.3) is 0 Å². The van der Waals surface area contributed by atoms with E-state index in [1.165, 1.54) is 0 Å². The van der Waals surface area contributed by atoms with Gasteiger partial charge in [0, 0.05) is 18.1 Å². The molecule has 13 heavy (non-hydrogen) atoms. The predicted molar refractivity (Wildman–Crippen MR) is 59.3 cm³/mol. The Morgan fingerprint density at radius 3 is 2.69 bits per heavy atom. The van der Waals surface area contributed by atoms with Crippen LogP contribution in [-0.4, -0.2) is 11.7 Å². The number of aliphatic imine (C=N–C) groups is 1. The third kappa shape index (κ3) is 1.75. The Kier molecular flexibility index (Phi) is 2.36. The highest BCUT2D eigenvalue weighted by atomic mass is 32.1. The zero-order chi connectivity index (χ0) is 9.10. The molecule has 0 bridgehead atoms. The maximum atomic E-state index is 4.34. The van der Waals surface area contributed by atoms with Crippen molar-refractivity contribution in [1.29, 1.82) is 0 Å². The van der Waals surface area contributed by atoms with E-state index in [0.29, 0.717) is 0 Å². The van der Waals surface area contributed by atoms with Gasteiger partial charge < -0.3 is 4.90 Å². The maximum absolute atomic E-state index is 4.34. The Bertz CT molecular complexity index is 332. The second kappa shape index (κ2) is 3.66. The number of allylic oxidation sites excluding steroid dienone is 1. The van der Waals surface area contributed by atoms with E-state index < -0.39 is 0 Å². The summed E-state index contributed by atoms with van der Waals surface area (Å²) in [4.78, 5) is 6.17. The number of nitrogens with zero attached hydrogens (tertiary/aromatic N) is 2. The Morgan fingerprint density at radius 2 is 2.00 bits per heavy atom. The van der Waals surface area contributed by atoms with Crippen molar-refractivity contribution in [2.75, 3.05) is 4.90 Å². The zero-order valence-corrected chi connectivity index (χ0v) is 7.93. The molecule has 1 aliphatic heterocycles. The van der Waals surface area contributed by atoms with Crippen molar-refractivity contribution >= 4 is 24.5 Å². The van der Waals surface area contributed by atoms with E-state index in [4.69, 9.17) is 0 Å². The molecule has 0 aromatic heterocycles. The molecule has 1 atom stereocenters. The first kappa shape index (κ1) is 8.38. The summed E-state index contributed by atoms with van der Waals surface area (Å²) in [6.45, 7) is 0. The fourth-order valence-corrected chi connectivity index (χ4v) is 1.51. The minimum atomic E-state index is -0.104. The van der Waals surface area contributed by atoms with Gasteiger partial charge in [-0.1, -0.05) is 18.2 Å². The Hall–Kier alpha value is -1.22. The second-order valence-electron chi connectivity index (χ2n) is 2.73. The van der Waals surface area contributed by atoms with Gasteiger partial charge >= 0.3 is 0 Å². The van der Waals surface area contributed by atoms with E-state index >= 15 is 0 Å². The van der Waals surface area contributed by atoms with Gasteiger partial charge in [-0.05, 0) is 18.2 Å². The lowest BCUT2D eigenvalue weighted by molar-refractivity contribution is 0.913. The summed E-state index contributed by atoms with van der Waals surface area (Å²) in [5.74, 6) is 0. The van der Waals surface area contributed by atoms with Gasteiger partial charge in [-0.2, -0.15) is 0 Å². The molecule has 0 spiro atoms. The van der Waals surface area contributed by atoms with E-state index in [2.05, 4.69) is 17.6 Å². The summed E-state index contributed by atoms with van der Waals surface area (Å²) in [7, 11) is 0. The van der Waals surface area contributed by atoms with Crippen LogP contribution in [0, 0.1) is 0 Å². The maximum Gasteiger partial charge on any atom is 0.169 e. The normalized spacial score (nSPS) is 20.7. The molecular formula is C10H10N2S. The van der Waals surface area contributed by atoms with E-state index in [-0.39, 0.29) is 5.50 Å². The van der Waals surface area contributed by atoms with Crippen molar-refractivity contribution in [3.05, 3.63) is 42.6 Å². The average molecular weight is 190 g/mol. The van der Waals surface area contributed by atoms with Crippen LogP contribution in [0.15, 0.2) is 47.6 Å². The van der Waals surface area contributed by atoms with E-state index in [0.717, 1.165) is 5.69 Å². The molecule has 1 aromatic rings. The Labute approximate surface area is 83.0 Å². The topological polar surface area (TPSA) is 15.6 Å². The number of para-hydroxylation sites is 1. The Balaban J connectivity index is 2.27. The number of rotatable bonds is 1. The van der Waals surface area contributed by atoms with Gasteiger partial charge in [-0.25, -0.2) is 0 Å². The first-order valence-electron chi connectivity index (χ1n) is 4.09. The molecule has 0 N–H and O–H groups in total. The quantitative estimate of drug-likeness (QED) is 0.672. The molecule has 3 heteroatoms. The first-order valence-corrected chi connectivity index (χ1v) is 4.61. The van der Waals surface area contributed by atoms with Crippen LogP contribution in [0.2, 0.25) is 0 Å². The highest BCUT2D eigenvalue weighted by molar-refractivity contribution is 7.81. The van der Waals surface area contributed by atoms with Gasteiger partial charge in [0.15, 0.2) is 5.50 Å². The molecule has 0 saturated heterocycles. The fourth-order valence-electron chi connectivity index (χ4n) is 1.23. The summed E-state index contributed by atoms with van der Waals surface area (Å²) in [6.07, 6.45) is 5.64. The minimum Gasteiger partial charge on any atom is -0.317 e. The smallest absolute Gasteiger partial charge is 0.169 e. The van der Waals surface area contributed by atoms with E-state index in [9.17, 15) is 0 Å². The summed E-state index contributed by atoms with van der Waals surface area (Å²) in [5, 5.41) is 0. The molecule has 2 rings (SSSR count). The van der Waals surface area contributed by atoms with Gasteiger partial charge in [0.2, 0.25) is 0 Å². The number of anilines is 1. The number of thiol groups is 1. The third-order valence-corrected chi connectivity index (χ3v) is 2.24. The summed E-state index contributed by atoms with van der Waals surface area (Å²) in [6, 6.07) is 10.1. The van der Waals surface area contributed by atoms with Crippen molar-refractivity contribution in [3.8, 4) is 0 Å². The molecule has 1 heterocycles. The lowest BCUT2D eigenvalue weighted by Gasteiger charge is -2.25. The lowest BCUT2D eigenvalue weighted by atomic mass is 10.3. The number of hydrogen-bond donors (Lipinski definition) is 1. The van der Waals surface area contributed by atoms with Crippen LogP contribution in [0.5, 0.6) is 0 Å². The summed E-state index contributed by atoms with van der Waals surface area (Å²) in [5.41, 5.74) is 1.00. The molecule has 66 valence electrons. The van der Waals surface area contributed by atoms with Crippen LogP contribution in [0.4, 0.5) is 5.69 Å². The standard InChI is InChI=1S/C10H10N2S/c13-10-11-7-4-8-12(10)9-5-2-1-3-6-9/h1-8,10,13H. The van der Waals surface area contributed by atoms with Gasteiger partial charge in [-0.3, -0.25) is 4.99 Å². The molecule has 0 saturated carbocycles. The molecule has 1 aromatic carbocycles. The molecule has 0 aliphatic carbocycles. The number of hydrogen-bond acceptors (Lipinski definition) is 3. The van der Waals surface area contributed by atoms with Crippen molar-refractivity contribution in [1.82, 2.24) is 0 Å². The summed E-state index contributed by atoms with van der Waals surface area (Å²) < 4.78 is 0. The van der Waals surface area contributed by atoms with Gasteiger partial charge in [0.25, 0.3) is 0 Å². The largest absolute Gasteiger partial charge is 0.317 e. The average Bonchev–Trinajstić information content (AvgIpc) is 2.20. The molecule has 0 radical (unpaired) electrons. The molecule has 1 unspecified atom stereocenters. The predicted octanol–water partition coefficient (Wildman–Crippen LogP) is 2.30. The molecule has 2 nitrogen and oxygen atoms in total. The molecule has 1 aliphatic rings. The molecular weight excluding hydrogens is 180 g/mol. The number of benzene rings is 1. The molecule has 0 fully saturated rings. The zero-order valence-electron chi connectivity index (χ0n) is 7.04. The van der Waals surface area contributed by atoms with Crippen LogP contribution < -0.4 is 4.90 Å². The van der Waals surface area contributed by atoms with Crippen molar-refractivity contribution in [2.24, 2.45) is 4.99 Å². The van der Waals surface area contributed by atoms with Gasteiger partial charge in [0.1, 0.15) is 0 Å². The lowest BCUT2D eigenvalue weighted by Crippen LogP contribution is -2.25. The van der Waals surface area contributed by atoms with Crippen LogP contribution in [0.3, 0.4) is 0 Å². The van der Waals surface area contributed by atoms with Crippen LogP contribution >= 0.6 is 12.6 Å². The van der Waals surface area contributed by atoms with E-state index in [1.807, 2.05) is 47.5 Å². The monoisotopic (exact) mass is 190 g/mol. The second-order valence-corrected chi connectivity index (χ2v) is 3.19. The highest BCUT2D eigenvalue weighted by Gasteiger charge is 2.11. The molecule has 0 amide bonds. The summed E-state index contributed by atoms with van der Waals surface area (Å²) >= 11 is 4.34. The Morgan fingerprint density at radius 1 is 1.23 bits per heavy atom. The van der Waals surface area contributed by atoms with Crippen LogP contribution in [-0.2, 0) is 0 Å². The SMILES string of the molecule is SC1N=CC=CN1c1ccccc1. The van der Waals surface area contributed by atoms with Crippen molar-refractivity contribution in [3.63, 3.8) is 0 Å². The van der Waals surface area contributed by atoms with Gasteiger partial charge in [-0.15, -0.1) is 12.6 Å². The first-order chi connectivity index (χ1) is 6.38. The van der Waals surface area contributed by atoms with E-state index in [1.54, 1.807) is 6.21 Å². The fraction of sp³-hybridized carbons (Fsp3) is 0.100. The van der Waals surface area contributed by atoms with Gasteiger partial charge in [0.05, 0.1) is 0 Å². The van der Waals surface area contributed by atoms with Crippen molar-refractivity contribution in [2.45, 2.75) is 5.50 Å². The third-order valence-electron chi connectivity index (χ3n) is 1.86. The minimum absolute atomic E-state index is 0.104.